The molecule has 1 atom stereocenters. The van der Waals surface area contributed by atoms with E-state index in [-0.39, 0.29) is 17.6 Å². The Morgan fingerprint density at radius 3 is 2.88 bits per heavy atom. The first-order valence-electron chi connectivity index (χ1n) is 7.91. The molecule has 1 aromatic heterocycles. The third-order valence-electron chi connectivity index (χ3n) is 4.25. The van der Waals surface area contributed by atoms with Gasteiger partial charge in [-0.25, -0.2) is 4.79 Å². The van der Waals surface area contributed by atoms with Crippen molar-refractivity contribution < 1.29 is 4.79 Å². The number of fused-ring (bicyclic) bond motifs is 1. The number of amides is 1. The number of imidazole rings is 1. The first-order chi connectivity index (χ1) is 11.7. The molecule has 122 valence electrons. The molecule has 2 heterocycles. The molecule has 1 fully saturated rings. The third-order valence-corrected chi connectivity index (χ3v) is 5.41. The molecule has 1 unspecified atom stereocenters. The van der Waals surface area contributed by atoms with Gasteiger partial charge in [-0.05, 0) is 35.9 Å². The van der Waals surface area contributed by atoms with Gasteiger partial charge in [-0.15, -0.1) is 0 Å². The maximum Gasteiger partial charge on any atom is 0.323 e. The van der Waals surface area contributed by atoms with Crippen molar-refractivity contribution in [3.8, 4) is 11.1 Å². The molecule has 2 aromatic carbocycles. The van der Waals surface area contributed by atoms with Crippen molar-refractivity contribution in [3.63, 3.8) is 0 Å². The van der Waals surface area contributed by atoms with Gasteiger partial charge < -0.3 is 15.3 Å². The highest BCUT2D eigenvalue weighted by Crippen LogP contribution is 2.26. The van der Waals surface area contributed by atoms with Crippen molar-refractivity contribution in [2.24, 2.45) is 0 Å². The summed E-state index contributed by atoms with van der Waals surface area (Å²) < 4.78 is 0. The fraction of sp³-hybridized carbons (Fsp3) is 0.222. The molecule has 0 aliphatic carbocycles. The smallest absolute Gasteiger partial charge is 0.323 e. The number of thioether (sulfide) groups is 1. The van der Waals surface area contributed by atoms with Crippen LogP contribution in [0.15, 0.2) is 47.3 Å². The van der Waals surface area contributed by atoms with Gasteiger partial charge in [0, 0.05) is 22.9 Å². The van der Waals surface area contributed by atoms with Crippen molar-refractivity contribution in [2.75, 3.05) is 11.5 Å². The second-order valence-electron chi connectivity index (χ2n) is 5.92. The zero-order valence-corrected chi connectivity index (χ0v) is 13.8. The highest BCUT2D eigenvalue weighted by molar-refractivity contribution is 7.99. The van der Waals surface area contributed by atoms with Crippen LogP contribution in [0.4, 0.5) is 0 Å². The van der Waals surface area contributed by atoms with Crippen LogP contribution in [-0.4, -0.2) is 33.4 Å². The molecular weight excluding hydrogens is 322 g/mol. The monoisotopic (exact) mass is 339 g/mol. The highest BCUT2D eigenvalue weighted by atomic mass is 32.2. The van der Waals surface area contributed by atoms with Gasteiger partial charge in [-0.1, -0.05) is 24.3 Å². The Morgan fingerprint density at radius 1 is 1.17 bits per heavy atom. The average Bonchev–Trinajstić information content (AvgIpc) is 3.22. The Morgan fingerprint density at radius 2 is 2.04 bits per heavy atom. The van der Waals surface area contributed by atoms with Gasteiger partial charge in [0.1, 0.15) is 0 Å². The number of nitrogens with one attached hydrogen (secondary N) is 3. The summed E-state index contributed by atoms with van der Waals surface area (Å²) in [5, 5.41) is 3.09. The van der Waals surface area contributed by atoms with Gasteiger partial charge in [0.05, 0.1) is 11.0 Å². The fourth-order valence-electron chi connectivity index (χ4n) is 3.04. The largest absolute Gasteiger partial charge is 0.348 e. The summed E-state index contributed by atoms with van der Waals surface area (Å²) in [4.78, 5) is 29.6. The number of carbonyl (C=O) groups excluding carboxylic acids is 1. The molecule has 6 heteroatoms. The summed E-state index contributed by atoms with van der Waals surface area (Å²) >= 11 is 1.87. The Balaban J connectivity index is 1.68. The zero-order chi connectivity index (χ0) is 16.5. The van der Waals surface area contributed by atoms with E-state index in [0.29, 0.717) is 5.56 Å². The van der Waals surface area contributed by atoms with Crippen molar-refractivity contribution in [2.45, 2.75) is 12.5 Å². The predicted octanol–water partition coefficient (Wildman–Crippen LogP) is 2.76. The molecule has 0 spiro atoms. The minimum absolute atomic E-state index is 0.0425. The van der Waals surface area contributed by atoms with Crippen molar-refractivity contribution in [3.05, 3.63) is 58.5 Å². The van der Waals surface area contributed by atoms with E-state index in [4.69, 9.17) is 0 Å². The third kappa shape index (κ3) is 2.85. The zero-order valence-electron chi connectivity index (χ0n) is 13.0. The number of carbonyl (C=O) groups is 1. The molecule has 5 nitrogen and oxygen atoms in total. The highest BCUT2D eigenvalue weighted by Gasteiger charge is 2.18. The molecular formula is C18H17N3O2S. The summed E-state index contributed by atoms with van der Waals surface area (Å²) in [6.07, 6.45) is 1.03. The van der Waals surface area contributed by atoms with Gasteiger partial charge in [-0.3, -0.25) is 4.79 Å². The van der Waals surface area contributed by atoms with Crippen LogP contribution >= 0.6 is 11.8 Å². The van der Waals surface area contributed by atoms with Crippen LogP contribution in [0.25, 0.3) is 22.2 Å². The van der Waals surface area contributed by atoms with E-state index < -0.39 is 0 Å². The van der Waals surface area contributed by atoms with Crippen LogP contribution in [0.1, 0.15) is 16.8 Å². The Bertz CT molecular complexity index is 954. The summed E-state index contributed by atoms with van der Waals surface area (Å²) in [6.45, 7) is 0. The molecule has 1 amide bonds. The number of aromatic amines is 2. The van der Waals surface area contributed by atoms with Gasteiger partial charge in [0.25, 0.3) is 5.91 Å². The lowest BCUT2D eigenvalue weighted by Gasteiger charge is -2.12. The maximum atomic E-state index is 12.5. The average molecular weight is 339 g/mol. The van der Waals surface area contributed by atoms with Crippen LogP contribution in [-0.2, 0) is 0 Å². The van der Waals surface area contributed by atoms with E-state index in [1.165, 1.54) is 0 Å². The summed E-state index contributed by atoms with van der Waals surface area (Å²) in [7, 11) is 0. The number of aromatic nitrogens is 2. The number of H-pyrrole nitrogens is 2. The Hall–Kier alpha value is -2.47. The molecule has 0 bridgehead atoms. The minimum atomic E-state index is -0.231. The molecule has 4 rings (SSSR count). The molecule has 0 saturated carbocycles. The van der Waals surface area contributed by atoms with Gasteiger partial charge in [0.15, 0.2) is 0 Å². The lowest BCUT2D eigenvalue weighted by molar-refractivity contribution is 0.0941. The van der Waals surface area contributed by atoms with Crippen molar-refractivity contribution in [1.82, 2.24) is 15.3 Å². The molecule has 1 saturated heterocycles. The van der Waals surface area contributed by atoms with E-state index in [2.05, 4.69) is 15.3 Å². The predicted molar refractivity (Wildman–Crippen MR) is 97.6 cm³/mol. The van der Waals surface area contributed by atoms with Crippen LogP contribution < -0.4 is 11.0 Å². The number of rotatable bonds is 3. The Labute approximate surface area is 142 Å². The van der Waals surface area contributed by atoms with Crippen LogP contribution in [0.2, 0.25) is 0 Å². The second kappa shape index (κ2) is 6.20. The molecule has 0 radical (unpaired) electrons. The Kier molecular flexibility index (Phi) is 3.90. The number of para-hydroxylation sites is 1. The first kappa shape index (κ1) is 15.1. The van der Waals surface area contributed by atoms with E-state index in [0.717, 1.165) is 40.1 Å². The van der Waals surface area contributed by atoms with E-state index in [1.54, 1.807) is 0 Å². The number of hydrogen-bond donors (Lipinski definition) is 3. The molecule has 1 aliphatic rings. The number of hydrogen-bond acceptors (Lipinski definition) is 3. The SMILES string of the molecule is O=C(NC1CCSC1)c1cccc(-c2cccc3[nH]c(=O)[nH]c23)c1. The summed E-state index contributed by atoms with van der Waals surface area (Å²) in [5.74, 6) is 2.04. The van der Waals surface area contributed by atoms with Crippen LogP contribution in [0.5, 0.6) is 0 Å². The van der Waals surface area contributed by atoms with E-state index >= 15 is 0 Å². The van der Waals surface area contributed by atoms with E-state index in [1.807, 2.05) is 54.2 Å². The van der Waals surface area contributed by atoms with Crippen molar-refractivity contribution >= 4 is 28.7 Å². The normalized spacial score (nSPS) is 17.2. The quantitative estimate of drug-likeness (QED) is 0.687. The molecule has 24 heavy (non-hydrogen) atoms. The summed E-state index contributed by atoms with van der Waals surface area (Å²) in [5.41, 5.74) is 3.73. The van der Waals surface area contributed by atoms with Crippen LogP contribution in [0, 0.1) is 0 Å². The number of benzene rings is 2. The second-order valence-corrected chi connectivity index (χ2v) is 7.07. The maximum absolute atomic E-state index is 12.5. The molecule has 3 N–H and O–H groups in total. The molecule has 1 aliphatic heterocycles. The van der Waals surface area contributed by atoms with Crippen LogP contribution in [0.3, 0.4) is 0 Å². The van der Waals surface area contributed by atoms with Gasteiger partial charge in [0.2, 0.25) is 0 Å². The topological polar surface area (TPSA) is 77.8 Å². The first-order valence-corrected chi connectivity index (χ1v) is 9.06. The lowest BCUT2D eigenvalue weighted by Crippen LogP contribution is -2.34. The standard InChI is InChI=1S/C18H17N3O2S/c22-17(19-13-7-8-24-10-13)12-4-1-3-11(9-12)14-5-2-6-15-16(14)21-18(23)20-15/h1-6,9,13H,7-8,10H2,(H,19,22)(H2,20,21,23). The van der Waals surface area contributed by atoms with Crippen molar-refractivity contribution in [1.29, 1.82) is 0 Å². The van der Waals surface area contributed by atoms with Gasteiger partial charge >= 0.3 is 5.69 Å². The van der Waals surface area contributed by atoms with Gasteiger partial charge in [-0.2, -0.15) is 11.8 Å². The fourth-order valence-corrected chi connectivity index (χ4v) is 4.20. The van der Waals surface area contributed by atoms with E-state index in [9.17, 15) is 9.59 Å². The lowest BCUT2D eigenvalue weighted by atomic mass is 10.0. The minimum Gasteiger partial charge on any atom is -0.348 e. The summed E-state index contributed by atoms with van der Waals surface area (Å²) in [6, 6.07) is 13.5. The molecule has 3 aromatic rings.